The topological polar surface area (TPSA) is 101 Å². The first kappa shape index (κ1) is 22.9. The van der Waals surface area contributed by atoms with Gasteiger partial charge >= 0.3 is 5.51 Å². The van der Waals surface area contributed by atoms with Gasteiger partial charge in [-0.25, -0.2) is 19.3 Å². The molecule has 7 nitrogen and oxygen atoms in total. The molecule has 0 radical (unpaired) electrons. The van der Waals surface area contributed by atoms with Crippen molar-refractivity contribution in [2.45, 2.75) is 36.2 Å². The molecule has 4 rings (SSSR count). The summed E-state index contributed by atoms with van der Waals surface area (Å²) in [6, 6.07) is 5.30. The molecule has 1 aliphatic rings. The molecule has 3 aromatic rings. The van der Waals surface area contributed by atoms with Gasteiger partial charge in [0.1, 0.15) is 11.5 Å². The van der Waals surface area contributed by atoms with Crippen LogP contribution >= 0.6 is 11.8 Å². The van der Waals surface area contributed by atoms with Crippen molar-refractivity contribution in [3.8, 4) is 11.6 Å². The van der Waals surface area contributed by atoms with E-state index in [1.165, 1.54) is 18.5 Å². The van der Waals surface area contributed by atoms with Gasteiger partial charge in [-0.1, -0.05) is 13.0 Å². The molecule has 12 heteroatoms. The zero-order chi connectivity index (χ0) is 23.8. The maximum Gasteiger partial charge on any atom is 0.446 e. The monoisotopic (exact) mass is 479 g/mol. The fourth-order valence-electron chi connectivity index (χ4n) is 3.36. The molecule has 1 saturated carbocycles. The number of halogens is 4. The van der Waals surface area contributed by atoms with Gasteiger partial charge in [0.05, 0.1) is 10.9 Å². The fraction of sp³-hybridized carbons (Fsp3) is 0.286. The predicted octanol–water partition coefficient (Wildman–Crippen LogP) is 4.25. The van der Waals surface area contributed by atoms with E-state index in [4.69, 9.17) is 0 Å². The van der Waals surface area contributed by atoms with Crippen LogP contribution in [-0.4, -0.2) is 31.4 Å². The molecule has 1 aliphatic carbocycles. The normalized spacial score (nSPS) is 15.7. The molecule has 0 unspecified atom stereocenters. The molecular weight excluding hydrogens is 462 g/mol. The van der Waals surface area contributed by atoms with Crippen LogP contribution in [-0.2, 0) is 0 Å². The number of nitrogens with one attached hydrogen (secondary N) is 2. The van der Waals surface area contributed by atoms with Gasteiger partial charge < -0.3 is 10.3 Å². The van der Waals surface area contributed by atoms with Gasteiger partial charge in [0.15, 0.2) is 11.6 Å². The van der Waals surface area contributed by atoms with E-state index in [0.29, 0.717) is 5.56 Å². The minimum Gasteiger partial charge on any atom is -0.343 e. The summed E-state index contributed by atoms with van der Waals surface area (Å²) < 4.78 is 52.3. The quantitative estimate of drug-likeness (QED) is 0.405. The Labute approximate surface area is 189 Å². The number of hydrogen-bond acceptors (Lipinski definition) is 6. The van der Waals surface area contributed by atoms with Gasteiger partial charge in [0.25, 0.3) is 11.5 Å². The van der Waals surface area contributed by atoms with Gasteiger partial charge in [0.2, 0.25) is 0 Å². The zero-order valence-electron chi connectivity index (χ0n) is 17.1. The Kier molecular flexibility index (Phi) is 5.95. The minimum absolute atomic E-state index is 0.00186. The van der Waals surface area contributed by atoms with Crippen LogP contribution in [0, 0.1) is 11.2 Å². The van der Waals surface area contributed by atoms with E-state index in [-0.39, 0.29) is 17.3 Å². The third kappa shape index (κ3) is 5.38. The SMILES string of the molecule is CC1([C@@H](NC(=O)c2cc(=O)[nH]c(-c3ncccn3)n2)c2ccc(SC(F)(F)F)c(F)c2)CC1. The minimum atomic E-state index is -4.62. The fourth-order valence-corrected chi connectivity index (χ4v) is 3.90. The van der Waals surface area contributed by atoms with Crippen LogP contribution in [0.4, 0.5) is 17.6 Å². The first-order valence-electron chi connectivity index (χ1n) is 9.79. The first-order chi connectivity index (χ1) is 15.5. The second-order valence-corrected chi connectivity index (χ2v) is 8.96. The number of carbonyl (C=O) groups is 1. The Balaban J connectivity index is 1.62. The summed E-state index contributed by atoms with van der Waals surface area (Å²) in [5, 5.41) is 2.76. The molecule has 0 aliphatic heterocycles. The van der Waals surface area contributed by atoms with Crippen LogP contribution in [0.5, 0.6) is 0 Å². The molecule has 2 heterocycles. The third-order valence-corrected chi connectivity index (χ3v) is 6.06. The Bertz CT molecular complexity index is 1250. The highest BCUT2D eigenvalue weighted by Crippen LogP contribution is 2.54. The number of amides is 1. The number of thioether (sulfide) groups is 1. The van der Waals surface area contributed by atoms with Crippen molar-refractivity contribution < 1.29 is 22.4 Å². The summed E-state index contributed by atoms with van der Waals surface area (Å²) in [6.07, 6.45) is 4.36. The lowest BCUT2D eigenvalue weighted by molar-refractivity contribution is -0.0329. The maximum atomic E-state index is 14.4. The molecule has 1 fully saturated rings. The summed E-state index contributed by atoms with van der Waals surface area (Å²) in [5.41, 5.74) is -5.49. The van der Waals surface area contributed by atoms with Gasteiger partial charge in [-0.05, 0) is 53.8 Å². The van der Waals surface area contributed by atoms with Crippen molar-refractivity contribution in [1.82, 2.24) is 25.3 Å². The number of nitrogens with zero attached hydrogens (tertiary/aromatic N) is 3. The van der Waals surface area contributed by atoms with Crippen molar-refractivity contribution in [2.75, 3.05) is 0 Å². The lowest BCUT2D eigenvalue weighted by Gasteiger charge is -2.26. The van der Waals surface area contributed by atoms with Crippen LogP contribution in [0.2, 0.25) is 0 Å². The number of alkyl halides is 3. The van der Waals surface area contributed by atoms with Gasteiger partial charge in [-0.15, -0.1) is 0 Å². The van der Waals surface area contributed by atoms with Crippen molar-refractivity contribution in [3.63, 3.8) is 0 Å². The average molecular weight is 479 g/mol. The molecule has 0 spiro atoms. The van der Waals surface area contributed by atoms with Gasteiger partial charge in [-0.2, -0.15) is 13.2 Å². The number of benzene rings is 1. The highest BCUT2D eigenvalue weighted by atomic mass is 32.2. The van der Waals surface area contributed by atoms with Crippen LogP contribution in [0.15, 0.2) is 52.4 Å². The van der Waals surface area contributed by atoms with Crippen molar-refractivity contribution in [3.05, 3.63) is 70.2 Å². The number of rotatable bonds is 6. The molecular formula is C21H17F4N5O2S. The summed E-state index contributed by atoms with van der Waals surface area (Å²) in [6.45, 7) is 1.88. The van der Waals surface area contributed by atoms with E-state index < -0.39 is 50.9 Å². The smallest absolute Gasteiger partial charge is 0.343 e. The number of H-pyrrole nitrogens is 1. The van der Waals surface area contributed by atoms with Crippen molar-refractivity contribution >= 4 is 17.7 Å². The van der Waals surface area contributed by atoms with Crippen molar-refractivity contribution in [1.29, 1.82) is 0 Å². The Morgan fingerprint density at radius 2 is 1.91 bits per heavy atom. The molecule has 172 valence electrons. The van der Waals surface area contributed by atoms with E-state index in [1.54, 1.807) is 6.07 Å². The summed E-state index contributed by atoms with van der Waals surface area (Å²) >= 11 is -0.540. The number of carbonyl (C=O) groups excluding carboxylic acids is 1. The lowest BCUT2D eigenvalue weighted by atomic mass is 9.91. The second-order valence-electron chi connectivity index (χ2n) is 7.85. The molecule has 0 saturated heterocycles. The lowest BCUT2D eigenvalue weighted by Crippen LogP contribution is -2.35. The number of aromatic nitrogens is 4. The first-order valence-corrected chi connectivity index (χ1v) is 10.6. The van der Waals surface area contributed by atoms with Gasteiger partial charge in [-0.3, -0.25) is 9.59 Å². The Hall–Kier alpha value is -3.28. The van der Waals surface area contributed by atoms with Crippen LogP contribution in [0.3, 0.4) is 0 Å². The molecule has 1 atom stereocenters. The number of hydrogen-bond donors (Lipinski definition) is 2. The van der Waals surface area contributed by atoms with Crippen LogP contribution in [0.25, 0.3) is 11.6 Å². The standard InChI is InChI=1S/C21H17F4N5O2S/c1-20(5-6-20)16(11-3-4-14(12(22)9-11)33-21(23,24)25)30-19(32)13-10-15(31)29-18(28-13)17-26-7-2-8-27-17/h2-4,7-10,16H,5-6H2,1H3,(H,30,32)(H,28,29,31)/t16-/m0/s1. The second kappa shape index (κ2) is 8.58. The third-order valence-electron chi connectivity index (χ3n) is 5.28. The van der Waals surface area contributed by atoms with Gasteiger partial charge in [0, 0.05) is 18.5 Å². The zero-order valence-corrected chi connectivity index (χ0v) is 17.9. The maximum absolute atomic E-state index is 14.4. The number of aromatic amines is 1. The Morgan fingerprint density at radius 1 is 1.21 bits per heavy atom. The Morgan fingerprint density at radius 3 is 2.52 bits per heavy atom. The van der Waals surface area contributed by atoms with Crippen molar-refractivity contribution in [2.24, 2.45) is 5.41 Å². The molecule has 1 aromatic carbocycles. The molecule has 1 amide bonds. The molecule has 33 heavy (non-hydrogen) atoms. The predicted molar refractivity (Wildman–Crippen MR) is 112 cm³/mol. The van der Waals surface area contributed by atoms with Crippen LogP contribution in [0.1, 0.15) is 41.9 Å². The highest BCUT2D eigenvalue weighted by Gasteiger charge is 2.46. The molecule has 0 bridgehead atoms. The summed E-state index contributed by atoms with van der Waals surface area (Å²) in [4.78, 5) is 39.1. The largest absolute Gasteiger partial charge is 0.446 e. The van der Waals surface area contributed by atoms with E-state index in [2.05, 4.69) is 25.3 Å². The molecule has 2 aromatic heterocycles. The molecule has 2 N–H and O–H groups in total. The van der Waals surface area contributed by atoms with Crippen LogP contribution < -0.4 is 10.9 Å². The van der Waals surface area contributed by atoms with E-state index >= 15 is 0 Å². The average Bonchev–Trinajstić information content (AvgIpc) is 3.51. The summed E-state index contributed by atoms with van der Waals surface area (Å²) in [5.74, 6) is -1.60. The van der Waals surface area contributed by atoms with E-state index in [1.807, 2.05) is 6.92 Å². The summed E-state index contributed by atoms with van der Waals surface area (Å²) in [7, 11) is 0. The van der Waals surface area contributed by atoms with E-state index in [9.17, 15) is 27.2 Å². The van der Waals surface area contributed by atoms with E-state index in [0.717, 1.165) is 31.0 Å². The highest BCUT2D eigenvalue weighted by molar-refractivity contribution is 8.00.